The predicted octanol–water partition coefficient (Wildman–Crippen LogP) is 1.81. The summed E-state index contributed by atoms with van der Waals surface area (Å²) in [4.78, 5) is 7.00. The second-order valence-electron chi connectivity index (χ2n) is 4.31. The fraction of sp³-hybridized carbons (Fsp3) is 0.818. The number of aryl methyl sites for hydroxylation is 1. The first-order valence-electron chi connectivity index (χ1n) is 6.14. The molecule has 0 spiro atoms. The monoisotopic (exact) mass is 240 g/mol. The lowest BCUT2D eigenvalue weighted by Gasteiger charge is -2.20. The second-order valence-corrected chi connectivity index (χ2v) is 5.04. The Balaban J connectivity index is 1.99. The first-order valence-corrected chi connectivity index (χ1v) is 6.91. The van der Waals surface area contributed by atoms with Crippen molar-refractivity contribution >= 4 is 16.7 Å². The molecule has 2 rings (SSSR count). The maximum absolute atomic E-state index is 5.57. The molecule has 5 heteroatoms. The molecule has 0 aliphatic heterocycles. The molecule has 1 aromatic heterocycles. The summed E-state index contributed by atoms with van der Waals surface area (Å²) in [6.45, 7) is 3.94. The van der Waals surface area contributed by atoms with E-state index >= 15 is 0 Å². The molecule has 1 aliphatic carbocycles. The van der Waals surface area contributed by atoms with Crippen molar-refractivity contribution in [2.45, 2.75) is 45.1 Å². The van der Waals surface area contributed by atoms with E-state index in [0.29, 0.717) is 6.04 Å². The first kappa shape index (κ1) is 11.8. The Morgan fingerprint density at radius 3 is 2.94 bits per heavy atom. The number of aromatic nitrogens is 2. The lowest BCUT2D eigenvalue weighted by atomic mass is 10.3. The molecule has 16 heavy (non-hydrogen) atoms. The molecule has 0 amide bonds. The fourth-order valence-electron chi connectivity index (χ4n) is 1.77. The molecule has 1 aliphatic rings. The van der Waals surface area contributed by atoms with Crippen LogP contribution in [0.25, 0.3) is 0 Å². The topological polar surface area (TPSA) is 55.0 Å². The van der Waals surface area contributed by atoms with Gasteiger partial charge < -0.3 is 10.6 Å². The third-order valence-corrected chi connectivity index (χ3v) is 3.56. The Morgan fingerprint density at radius 1 is 1.50 bits per heavy atom. The summed E-state index contributed by atoms with van der Waals surface area (Å²) in [5.74, 6) is 1.00. The first-order chi connectivity index (χ1) is 7.85. The normalized spacial score (nSPS) is 15.4. The van der Waals surface area contributed by atoms with Crippen molar-refractivity contribution in [2.75, 3.05) is 18.0 Å². The molecule has 0 aromatic carbocycles. The van der Waals surface area contributed by atoms with E-state index in [-0.39, 0.29) is 0 Å². The van der Waals surface area contributed by atoms with Crippen LogP contribution < -0.4 is 10.6 Å². The van der Waals surface area contributed by atoms with E-state index in [1.165, 1.54) is 12.8 Å². The van der Waals surface area contributed by atoms with Gasteiger partial charge in [0.15, 0.2) is 0 Å². The molecule has 0 radical (unpaired) electrons. The predicted molar refractivity (Wildman–Crippen MR) is 67.9 cm³/mol. The summed E-state index contributed by atoms with van der Waals surface area (Å²) < 4.78 is 4.40. The zero-order chi connectivity index (χ0) is 11.4. The minimum atomic E-state index is 0.703. The van der Waals surface area contributed by atoms with Crippen molar-refractivity contribution in [3.05, 3.63) is 5.82 Å². The van der Waals surface area contributed by atoms with E-state index in [1.54, 1.807) is 11.5 Å². The molecule has 1 heterocycles. The van der Waals surface area contributed by atoms with Gasteiger partial charge in [-0.05, 0) is 32.2 Å². The maximum Gasteiger partial charge on any atom is 0.205 e. The standard InChI is InChI=1S/C11H20N4S/c1-2-4-10-13-11(16-14-10)15(8-3-7-12)9-5-6-9/h9H,2-8,12H2,1H3. The van der Waals surface area contributed by atoms with Crippen LogP contribution in [0, 0.1) is 0 Å². The van der Waals surface area contributed by atoms with Crippen molar-refractivity contribution in [3.63, 3.8) is 0 Å². The summed E-state index contributed by atoms with van der Waals surface area (Å²) in [7, 11) is 0. The number of hydrogen-bond acceptors (Lipinski definition) is 5. The summed E-state index contributed by atoms with van der Waals surface area (Å²) in [5.41, 5.74) is 5.57. The van der Waals surface area contributed by atoms with Crippen LogP contribution in [-0.2, 0) is 6.42 Å². The Morgan fingerprint density at radius 2 is 2.31 bits per heavy atom. The summed E-state index contributed by atoms with van der Waals surface area (Å²) >= 11 is 1.54. The molecular weight excluding hydrogens is 220 g/mol. The van der Waals surface area contributed by atoms with E-state index in [9.17, 15) is 0 Å². The van der Waals surface area contributed by atoms with E-state index in [2.05, 4.69) is 21.2 Å². The lowest BCUT2D eigenvalue weighted by molar-refractivity contribution is 0.726. The van der Waals surface area contributed by atoms with Crippen LogP contribution in [0.15, 0.2) is 0 Å². The molecule has 90 valence electrons. The van der Waals surface area contributed by atoms with Gasteiger partial charge in [0.05, 0.1) is 0 Å². The molecule has 1 fully saturated rings. The molecule has 0 bridgehead atoms. The Bertz CT molecular complexity index is 322. The molecule has 0 unspecified atom stereocenters. The Labute approximate surface area is 101 Å². The third kappa shape index (κ3) is 2.92. The quantitative estimate of drug-likeness (QED) is 0.789. The van der Waals surface area contributed by atoms with Gasteiger partial charge in [-0.2, -0.15) is 4.37 Å². The van der Waals surface area contributed by atoms with E-state index in [4.69, 9.17) is 5.73 Å². The average Bonchev–Trinajstić information content (AvgIpc) is 3.01. The van der Waals surface area contributed by atoms with Crippen LogP contribution in [0.3, 0.4) is 0 Å². The van der Waals surface area contributed by atoms with Crippen molar-refractivity contribution in [3.8, 4) is 0 Å². The van der Waals surface area contributed by atoms with Gasteiger partial charge in [0.2, 0.25) is 5.13 Å². The zero-order valence-electron chi connectivity index (χ0n) is 9.85. The minimum Gasteiger partial charge on any atom is -0.344 e. The highest BCUT2D eigenvalue weighted by Crippen LogP contribution is 2.32. The SMILES string of the molecule is CCCc1nsc(N(CCCN)C2CC2)n1. The molecule has 2 N–H and O–H groups in total. The van der Waals surface area contributed by atoms with Crippen LogP contribution in [0.4, 0.5) is 5.13 Å². The highest BCUT2D eigenvalue weighted by atomic mass is 32.1. The van der Waals surface area contributed by atoms with Crippen molar-refractivity contribution < 1.29 is 0 Å². The summed E-state index contributed by atoms with van der Waals surface area (Å²) in [6.07, 6.45) is 5.74. The number of nitrogens with two attached hydrogens (primary N) is 1. The van der Waals surface area contributed by atoms with Gasteiger partial charge in [-0.1, -0.05) is 6.92 Å². The van der Waals surface area contributed by atoms with Crippen LogP contribution in [0.5, 0.6) is 0 Å². The number of rotatable bonds is 7. The Kier molecular flexibility index (Phi) is 4.12. The van der Waals surface area contributed by atoms with Gasteiger partial charge in [0.1, 0.15) is 5.82 Å². The van der Waals surface area contributed by atoms with Crippen molar-refractivity contribution in [1.82, 2.24) is 9.36 Å². The van der Waals surface area contributed by atoms with Gasteiger partial charge in [-0.25, -0.2) is 4.98 Å². The van der Waals surface area contributed by atoms with Crippen LogP contribution in [0.1, 0.15) is 38.4 Å². The smallest absolute Gasteiger partial charge is 0.205 e. The minimum absolute atomic E-state index is 0.703. The van der Waals surface area contributed by atoms with Gasteiger partial charge in [-0.3, -0.25) is 0 Å². The largest absolute Gasteiger partial charge is 0.344 e. The number of nitrogens with zero attached hydrogens (tertiary/aromatic N) is 3. The zero-order valence-corrected chi connectivity index (χ0v) is 10.7. The maximum atomic E-state index is 5.57. The molecule has 4 nitrogen and oxygen atoms in total. The van der Waals surface area contributed by atoms with Gasteiger partial charge in [0.25, 0.3) is 0 Å². The second kappa shape index (κ2) is 5.59. The third-order valence-electron chi connectivity index (χ3n) is 2.77. The van der Waals surface area contributed by atoms with Crippen molar-refractivity contribution in [2.24, 2.45) is 5.73 Å². The van der Waals surface area contributed by atoms with E-state index in [1.807, 2.05) is 0 Å². The lowest BCUT2D eigenvalue weighted by Crippen LogP contribution is -2.28. The van der Waals surface area contributed by atoms with Gasteiger partial charge in [0, 0.05) is 30.5 Å². The van der Waals surface area contributed by atoms with Gasteiger partial charge >= 0.3 is 0 Å². The highest BCUT2D eigenvalue weighted by Gasteiger charge is 2.30. The fourth-order valence-corrected chi connectivity index (χ4v) is 2.58. The summed E-state index contributed by atoms with van der Waals surface area (Å²) in [6, 6.07) is 0.703. The van der Waals surface area contributed by atoms with Gasteiger partial charge in [-0.15, -0.1) is 0 Å². The summed E-state index contributed by atoms with van der Waals surface area (Å²) in [5, 5.41) is 1.10. The highest BCUT2D eigenvalue weighted by molar-refractivity contribution is 7.09. The molecule has 1 aromatic rings. The van der Waals surface area contributed by atoms with E-state index in [0.717, 1.165) is 43.3 Å². The molecule has 0 atom stereocenters. The number of hydrogen-bond donors (Lipinski definition) is 1. The number of anilines is 1. The molecular formula is C11H20N4S. The van der Waals surface area contributed by atoms with E-state index < -0.39 is 0 Å². The average molecular weight is 240 g/mol. The van der Waals surface area contributed by atoms with Crippen LogP contribution >= 0.6 is 11.5 Å². The van der Waals surface area contributed by atoms with Crippen LogP contribution in [0.2, 0.25) is 0 Å². The molecule has 1 saturated carbocycles. The van der Waals surface area contributed by atoms with Crippen LogP contribution in [-0.4, -0.2) is 28.5 Å². The van der Waals surface area contributed by atoms with Crippen molar-refractivity contribution in [1.29, 1.82) is 0 Å². The Hall–Kier alpha value is -0.680. The molecule has 0 saturated heterocycles.